The van der Waals surface area contributed by atoms with Crippen LogP contribution in [0.2, 0.25) is 0 Å². The van der Waals surface area contributed by atoms with Crippen LogP contribution in [0.3, 0.4) is 0 Å². The van der Waals surface area contributed by atoms with Crippen LogP contribution in [0.4, 0.5) is 20.3 Å². The maximum Gasteiger partial charge on any atom is 0.149 e. The predicted octanol–water partition coefficient (Wildman–Crippen LogP) is 4.98. The Morgan fingerprint density at radius 2 is 1.78 bits per heavy atom. The van der Waals surface area contributed by atoms with Crippen molar-refractivity contribution >= 4 is 11.5 Å². The van der Waals surface area contributed by atoms with Crippen molar-refractivity contribution in [2.45, 2.75) is 69.2 Å². The molecular formula is C28H40F2N4O3. The summed E-state index contributed by atoms with van der Waals surface area (Å²) in [5, 5.41) is 10.3. The number of rotatable bonds is 11. The highest BCUT2D eigenvalue weighted by Gasteiger charge is 2.32. The highest BCUT2D eigenvalue weighted by molar-refractivity contribution is 5.71. The molecule has 0 amide bonds. The van der Waals surface area contributed by atoms with E-state index in [-0.39, 0.29) is 11.9 Å². The van der Waals surface area contributed by atoms with Gasteiger partial charge in [-0.25, -0.2) is 13.8 Å². The van der Waals surface area contributed by atoms with Crippen LogP contribution in [0.25, 0.3) is 11.1 Å². The molecule has 2 aromatic rings. The Bertz CT molecular complexity index is 1010. The Morgan fingerprint density at radius 1 is 1.05 bits per heavy atom. The van der Waals surface area contributed by atoms with E-state index in [2.05, 4.69) is 27.9 Å². The van der Waals surface area contributed by atoms with Gasteiger partial charge in [-0.2, -0.15) is 0 Å². The van der Waals surface area contributed by atoms with Crippen LogP contribution in [-0.4, -0.2) is 69.3 Å². The molecule has 0 bridgehead atoms. The van der Waals surface area contributed by atoms with Gasteiger partial charge in [0.15, 0.2) is 0 Å². The molecule has 3 N–H and O–H groups in total. The second-order valence-corrected chi connectivity index (χ2v) is 10.3. The maximum atomic E-state index is 14.8. The average Bonchev–Trinajstić information content (AvgIpc) is 2.91. The third kappa shape index (κ3) is 7.37. The predicted molar refractivity (Wildman–Crippen MR) is 142 cm³/mol. The molecule has 1 aliphatic carbocycles. The number of methoxy groups -OCH3 is 2. The van der Waals surface area contributed by atoms with E-state index in [1.165, 1.54) is 12.3 Å². The molecule has 4 rings (SSSR count). The summed E-state index contributed by atoms with van der Waals surface area (Å²) in [5.74, 6) is -0.207. The minimum atomic E-state index is -0.444. The van der Waals surface area contributed by atoms with Crippen LogP contribution in [0.5, 0.6) is 0 Å². The topological polar surface area (TPSA) is 76.7 Å². The molecule has 1 atom stereocenters. The molecule has 0 spiro atoms. The summed E-state index contributed by atoms with van der Waals surface area (Å²) in [6.07, 6.45) is 6.82. The quantitative estimate of drug-likeness (QED) is 0.387. The van der Waals surface area contributed by atoms with Crippen molar-refractivity contribution in [2.75, 3.05) is 51.2 Å². The van der Waals surface area contributed by atoms with Crippen LogP contribution in [0.15, 0.2) is 30.5 Å². The summed E-state index contributed by atoms with van der Waals surface area (Å²) in [7, 11) is 3.39. The minimum absolute atomic E-state index is 0.275. The van der Waals surface area contributed by atoms with Gasteiger partial charge in [0.25, 0.3) is 0 Å². The maximum absolute atomic E-state index is 14.8. The Hall–Kier alpha value is -2.33. The van der Waals surface area contributed by atoms with E-state index in [0.29, 0.717) is 61.1 Å². The summed E-state index contributed by atoms with van der Waals surface area (Å²) in [6, 6.07) is 7.41. The number of hydrogen-bond donors (Lipinski definition) is 3. The molecule has 1 saturated heterocycles. The summed E-state index contributed by atoms with van der Waals surface area (Å²) in [5.41, 5.74) is 0.887. The summed E-state index contributed by atoms with van der Waals surface area (Å²) < 4.78 is 45.9. The van der Waals surface area contributed by atoms with Gasteiger partial charge in [0.05, 0.1) is 24.1 Å². The zero-order valence-electron chi connectivity index (χ0n) is 22.1. The molecule has 2 aliphatic rings. The lowest BCUT2D eigenvalue weighted by Gasteiger charge is -2.36. The highest BCUT2D eigenvalue weighted by Crippen LogP contribution is 2.31. The van der Waals surface area contributed by atoms with E-state index in [1.807, 2.05) is 0 Å². The van der Waals surface area contributed by atoms with Gasteiger partial charge in [-0.05, 0) is 56.4 Å². The van der Waals surface area contributed by atoms with Crippen molar-refractivity contribution in [3.63, 3.8) is 0 Å². The molecule has 7 nitrogen and oxygen atoms in total. The monoisotopic (exact) mass is 518 g/mol. The molecule has 1 unspecified atom stereocenters. The average molecular weight is 519 g/mol. The zero-order valence-corrected chi connectivity index (χ0v) is 22.1. The first-order valence-electron chi connectivity index (χ1n) is 13.2. The van der Waals surface area contributed by atoms with E-state index in [0.717, 1.165) is 38.5 Å². The van der Waals surface area contributed by atoms with Crippen molar-refractivity contribution in [3.8, 4) is 11.1 Å². The van der Waals surface area contributed by atoms with Crippen molar-refractivity contribution in [1.82, 2.24) is 10.3 Å². The normalized spacial score (nSPS) is 22.4. The fraction of sp³-hybridized carbons (Fsp3) is 0.607. The van der Waals surface area contributed by atoms with Crippen LogP contribution in [0, 0.1) is 11.6 Å². The molecule has 2 heterocycles. The summed E-state index contributed by atoms with van der Waals surface area (Å²) in [6.45, 7) is 4.50. The number of halogens is 2. The van der Waals surface area contributed by atoms with Gasteiger partial charge in [0.2, 0.25) is 0 Å². The smallest absolute Gasteiger partial charge is 0.149 e. The number of ether oxygens (including phenoxy) is 3. The van der Waals surface area contributed by atoms with E-state index < -0.39 is 11.4 Å². The molecule has 37 heavy (non-hydrogen) atoms. The Kier molecular flexibility index (Phi) is 9.70. The van der Waals surface area contributed by atoms with Gasteiger partial charge in [-0.15, -0.1) is 0 Å². The first-order chi connectivity index (χ1) is 17.9. The van der Waals surface area contributed by atoms with Crippen LogP contribution < -0.4 is 16.0 Å². The largest absolute Gasteiger partial charge is 0.383 e. The summed E-state index contributed by atoms with van der Waals surface area (Å²) in [4.78, 5) is 4.27. The van der Waals surface area contributed by atoms with Gasteiger partial charge < -0.3 is 30.2 Å². The lowest BCUT2D eigenvalue weighted by molar-refractivity contribution is -0.0807. The molecule has 9 heteroatoms. The molecule has 0 radical (unpaired) electrons. The first-order valence-corrected chi connectivity index (χ1v) is 13.2. The Morgan fingerprint density at radius 3 is 2.49 bits per heavy atom. The van der Waals surface area contributed by atoms with E-state index >= 15 is 0 Å². The molecule has 1 aromatic heterocycles. The van der Waals surface area contributed by atoms with Crippen molar-refractivity contribution in [2.24, 2.45) is 0 Å². The summed E-state index contributed by atoms with van der Waals surface area (Å²) >= 11 is 0. The van der Waals surface area contributed by atoms with Crippen LogP contribution >= 0.6 is 0 Å². The zero-order chi connectivity index (χ0) is 26.3. The first kappa shape index (κ1) is 27.7. The van der Waals surface area contributed by atoms with E-state index in [4.69, 9.17) is 14.2 Å². The lowest BCUT2D eigenvalue weighted by Crippen LogP contribution is -2.44. The Labute approximate surface area is 218 Å². The third-order valence-corrected chi connectivity index (χ3v) is 7.59. The molecule has 1 saturated carbocycles. The molecule has 1 aromatic carbocycles. The number of nitrogens with zero attached hydrogens (tertiary/aromatic N) is 1. The van der Waals surface area contributed by atoms with Gasteiger partial charge in [-0.3, -0.25) is 0 Å². The standard InChI is InChI=1S/C28H40F2N4O3/c1-19(17-35-2)33-21-5-7-22(8-6-21)34-27-15-23(25(30)16-31-27)20-4-9-24(29)26(14-20)32-18-28(36-3)10-12-37-13-11-28/h4,9,14-16,19,21-22,32-33H,5-8,10-13,17-18H2,1-3H3,(H,31,34). The van der Waals surface area contributed by atoms with Crippen LogP contribution in [0.1, 0.15) is 45.4 Å². The van der Waals surface area contributed by atoms with Crippen LogP contribution in [-0.2, 0) is 14.2 Å². The van der Waals surface area contributed by atoms with Crippen molar-refractivity contribution < 1.29 is 23.0 Å². The molecule has 204 valence electrons. The second kappa shape index (κ2) is 13.0. The number of pyridine rings is 1. The number of benzene rings is 1. The lowest BCUT2D eigenvalue weighted by atomic mass is 9.90. The van der Waals surface area contributed by atoms with Gasteiger partial charge in [0.1, 0.15) is 17.5 Å². The fourth-order valence-electron chi connectivity index (χ4n) is 5.33. The number of aromatic nitrogens is 1. The molecular weight excluding hydrogens is 478 g/mol. The van der Waals surface area contributed by atoms with Gasteiger partial charge in [0, 0.05) is 70.5 Å². The SMILES string of the molecule is COCC(C)NC1CCC(Nc2cc(-c3ccc(F)c(NCC4(OC)CCOCC4)c3)c(F)cn2)CC1. The Balaban J connectivity index is 1.40. The van der Waals surface area contributed by atoms with E-state index in [9.17, 15) is 8.78 Å². The number of nitrogens with one attached hydrogen (secondary N) is 3. The molecule has 2 fully saturated rings. The van der Waals surface area contributed by atoms with Crippen molar-refractivity contribution in [3.05, 3.63) is 42.1 Å². The molecule has 1 aliphatic heterocycles. The van der Waals surface area contributed by atoms with Gasteiger partial charge >= 0.3 is 0 Å². The van der Waals surface area contributed by atoms with Crippen molar-refractivity contribution in [1.29, 1.82) is 0 Å². The fourth-order valence-corrected chi connectivity index (χ4v) is 5.33. The third-order valence-electron chi connectivity index (χ3n) is 7.59. The number of hydrogen-bond acceptors (Lipinski definition) is 7. The second-order valence-electron chi connectivity index (χ2n) is 10.3. The highest BCUT2D eigenvalue weighted by atomic mass is 19.1. The van der Waals surface area contributed by atoms with Gasteiger partial charge in [-0.1, -0.05) is 6.07 Å². The van der Waals surface area contributed by atoms with E-state index in [1.54, 1.807) is 32.4 Å². The number of anilines is 2. The minimum Gasteiger partial charge on any atom is -0.383 e.